The van der Waals surface area contributed by atoms with E-state index in [0.29, 0.717) is 29.9 Å². The summed E-state index contributed by atoms with van der Waals surface area (Å²) in [5.41, 5.74) is 3.27. The summed E-state index contributed by atoms with van der Waals surface area (Å²) in [6.07, 6.45) is 2.38. The molecule has 1 fully saturated rings. The second-order valence-electron chi connectivity index (χ2n) is 8.09. The lowest BCUT2D eigenvalue weighted by molar-refractivity contribution is -0.0190. The highest BCUT2D eigenvalue weighted by Crippen LogP contribution is 2.35. The molecule has 31 heavy (non-hydrogen) atoms. The summed E-state index contributed by atoms with van der Waals surface area (Å²) >= 11 is 1.45. The van der Waals surface area contributed by atoms with Crippen molar-refractivity contribution in [1.29, 1.82) is 0 Å². The molecule has 4 aromatic rings. The first-order valence-electron chi connectivity index (χ1n) is 10.3. The van der Waals surface area contributed by atoms with Crippen LogP contribution in [0.25, 0.3) is 27.3 Å². The summed E-state index contributed by atoms with van der Waals surface area (Å²) in [6.45, 7) is 4.26. The fraction of sp³-hybridized carbons (Fsp3) is 0.292. The van der Waals surface area contributed by atoms with Crippen LogP contribution >= 0.6 is 11.3 Å². The number of thiophene rings is 1. The standard InChI is InChI=1S/C24H23F2N3OS/c1-15-5-6-29-20(13-17-14-28(2)7-8-30-17)24(27-22(29)10-15)23-18(25)11-16(12-19(23)26)21-4-3-9-31-21/h3-6,9-12,17H,7-8,13-14H2,1-2H3. The van der Waals surface area contributed by atoms with Crippen molar-refractivity contribution in [3.63, 3.8) is 0 Å². The average Bonchev–Trinajstić information content (AvgIpc) is 3.36. The molecule has 0 amide bonds. The van der Waals surface area contributed by atoms with E-state index >= 15 is 8.78 Å². The Morgan fingerprint density at radius 2 is 2.00 bits per heavy atom. The second kappa shape index (κ2) is 8.15. The second-order valence-corrected chi connectivity index (χ2v) is 9.04. The summed E-state index contributed by atoms with van der Waals surface area (Å²) in [6, 6.07) is 10.4. The van der Waals surface area contributed by atoms with E-state index in [1.807, 2.05) is 47.2 Å². The van der Waals surface area contributed by atoms with Crippen molar-refractivity contribution in [2.24, 2.45) is 0 Å². The lowest BCUT2D eigenvalue weighted by atomic mass is 10.0. The Bertz CT molecular complexity index is 1210. The minimum atomic E-state index is -0.605. The Labute approximate surface area is 183 Å². The molecule has 7 heteroatoms. The number of morpholine rings is 1. The SMILES string of the molecule is Cc1ccn2c(CC3CN(C)CCO3)c(-c3c(F)cc(-c4cccs4)cc3F)nc2c1. The summed E-state index contributed by atoms with van der Waals surface area (Å²) in [5, 5.41) is 1.89. The number of rotatable bonds is 4. The van der Waals surface area contributed by atoms with Gasteiger partial charge in [-0.1, -0.05) is 6.07 Å². The number of imidazole rings is 1. The highest BCUT2D eigenvalue weighted by atomic mass is 32.1. The molecular formula is C24H23F2N3OS. The van der Waals surface area contributed by atoms with Gasteiger partial charge in [-0.3, -0.25) is 0 Å². The number of aryl methyl sites for hydroxylation is 1. The van der Waals surface area contributed by atoms with E-state index in [1.165, 1.54) is 23.5 Å². The topological polar surface area (TPSA) is 29.8 Å². The van der Waals surface area contributed by atoms with Gasteiger partial charge >= 0.3 is 0 Å². The molecule has 0 radical (unpaired) electrons. The molecule has 1 aromatic carbocycles. The van der Waals surface area contributed by atoms with E-state index in [0.717, 1.165) is 29.2 Å². The van der Waals surface area contributed by atoms with Crippen molar-refractivity contribution in [1.82, 2.24) is 14.3 Å². The predicted octanol–water partition coefficient (Wildman–Crippen LogP) is 5.19. The molecule has 160 valence electrons. The number of nitrogens with zero attached hydrogens (tertiary/aromatic N) is 3. The van der Waals surface area contributed by atoms with Gasteiger partial charge < -0.3 is 14.0 Å². The summed E-state index contributed by atoms with van der Waals surface area (Å²) in [7, 11) is 2.05. The Morgan fingerprint density at radius 3 is 2.71 bits per heavy atom. The van der Waals surface area contributed by atoms with Crippen molar-refractivity contribution in [2.45, 2.75) is 19.4 Å². The smallest absolute Gasteiger partial charge is 0.137 e. The van der Waals surface area contributed by atoms with E-state index in [2.05, 4.69) is 16.9 Å². The van der Waals surface area contributed by atoms with Crippen molar-refractivity contribution >= 4 is 17.0 Å². The van der Waals surface area contributed by atoms with Crippen LogP contribution in [0.1, 0.15) is 11.3 Å². The fourth-order valence-electron chi connectivity index (χ4n) is 4.18. The normalized spacial score (nSPS) is 17.5. The Balaban J connectivity index is 1.64. The van der Waals surface area contributed by atoms with Crippen molar-refractivity contribution in [3.8, 4) is 21.7 Å². The first kappa shape index (κ1) is 20.3. The van der Waals surface area contributed by atoms with Gasteiger partial charge in [-0.25, -0.2) is 13.8 Å². The van der Waals surface area contributed by atoms with Crippen molar-refractivity contribution in [2.75, 3.05) is 26.7 Å². The van der Waals surface area contributed by atoms with E-state index in [1.54, 1.807) is 0 Å². The van der Waals surface area contributed by atoms with Crippen LogP contribution in [0.5, 0.6) is 0 Å². The van der Waals surface area contributed by atoms with Gasteiger partial charge in [-0.15, -0.1) is 11.3 Å². The van der Waals surface area contributed by atoms with E-state index < -0.39 is 11.6 Å². The van der Waals surface area contributed by atoms with Gasteiger partial charge in [0.25, 0.3) is 0 Å². The highest BCUT2D eigenvalue weighted by Gasteiger charge is 2.26. The number of benzene rings is 1. The summed E-state index contributed by atoms with van der Waals surface area (Å²) < 4.78 is 38.5. The fourth-order valence-corrected chi connectivity index (χ4v) is 4.90. The largest absolute Gasteiger partial charge is 0.375 e. The zero-order valence-corrected chi connectivity index (χ0v) is 18.3. The van der Waals surface area contributed by atoms with Gasteiger partial charge in [0.2, 0.25) is 0 Å². The zero-order valence-electron chi connectivity index (χ0n) is 17.4. The van der Waals surface area contributed by atoms with E-state index in [-0.39, 0.29) is 11.7 Å². The monoisotopic (exact) mass is 439 g/mol. The first-order chi connectivity index (χ1) is 15.0. The molecule has 3 aromatic heterocycles. The molecule has 0 spiro atoms. The molecule has 1 saturated heterocycles. The molecule has 4 nitrogen and oxygen atoms in total. The Kier molecular flexibility index (Phi) is 5.33. The van der Waals surface area contributed by atoms with Crippen LogP contribution in [0.15, 0.2) is 48.0 Å². The molecule has 1 unspecified atom stereocenters. The molecular weight excluding hydrogens is 416 g/mol. The highest BCUT2D eigenvalue weighted by molar-refractivity contribution is 7.13. The van der Waals surface area contributed by atoms with Gasteiger partial charge in [0.05, 0.1) is 29.7 Å². The number of fused-ring (bicyclic) bond motifs is 1. The molecule has 0 aliphatic carbocycles. The van der Waals surface area contributed by atoms with Gasteiger partial charge in [0, 0.05) is 30.6 Å². The summed E-state index contributed by atoms with van der Waals surface area (Å²) in [4.78, 5) is 7.69. The van der Waals surface area contributed by atoms with Crippen LogP contribution < -0.4 is 0 Å². The summed E-state index contributed by atoms with van der Waals surface area (Å²) in [5.74, 6) is -1.21. The molecule has 1 aliphatic rings. The zero-order chi connectivity index (χ0) is 21.5. The molecule has 1 aliphatic heterocycles. The molecule has 0 N–H and O–H groups in total. The quantitative estimate of drug-likeness (QED) is 0.438. The minimum Gasteiger partial charge on any atom is -0.375 e. The maximum atomic E-state index is 15.3. The van der Waals surface area contributed by atoms with Gasteiger partial charge in [-0.05, 0) is 60.8 Å². The van der Waals surface area contributed by atoms with Crippen LogP contribution in [0, 0.1) is 18.6 Å². The van der Waals surface area contributed by atoms with E-state index in [9.17, 15) is 0 Å². The number of likely N-dealkylation sites (N-methyl/N-ethyl adjacent to an activating group) is 1. The van der Waals surface area contributed by atoms with Crippen molar-refractivity contribution < 1.29 is 13.5 Å². The number of ether oxygens (including phenoxy) is 1. The minimum absolute atomic E-state index is 0.0600. The number of hydrogen-bond donors (Lipinski definition) is 0. The predicted molar refractivity (Wildman–Crippen MR) is 120 cm³/mol. The third-order valence-corrected chi connectivity index (χ3v) is 6.65. The van der Waals surface area contributed by atoms with Gasteiger partial charge in [-0.2, -0.15) is 0 Å². The van der Waals surface area contributed by atoms with Crippen LogP contribution in [-0.2, 0) is 11.2 Å². The number of pyridine rings is 1. The van der Waals surface area contributed by atoms with Gasteiger partial charge in [0.15, 0.2) is 0 Å². The number of aromatic nitrogens is 2. The van der Waals surface area contributed by atoms with Crippen LogP contribution in [-0.4, -0.2) is 47.1 Å². The number of hydrogen-bond acceptors (Lipinski definition) is 4. The van der Waals surface area contributed by atoms with Gasteiger partial charge in [0.1, 0.15) is 17.3 Å². The molecule has 0 bridgehead atoms. The lowest BCUT2D eigenvalue weighted by Gasteiger charge is -2.30. The Morgan fingerprint density at radius 1 is 1.19 bits per heavy atom. The lowest BCUT2D eigenvalue weighted by Crippen LogP contribution is -2.41. The van der Waals surface area contributed by atoms with E-state index in [4.69, 9.17) is 4.74 Å². The van der Waals surface area contributed by atoms with Crippen molar-refractivity contribution in [3.05, 3.63) is 70.9 Å². The molecule has 4 heterocycles. The number of halogens is 2. The molecule has 5 rings (SSSR count). The van der Waals surface area contributed by atoms with Crippen LogP contribution in [0.4, 0.5) is 8.78 Å². The molecule has 1 atom stereocenters. The maximum Gasteiger partial charge on any atom is 0.137 e. The van der Waals surface area contributed by atoms with Crippen LogP contribution in [0.2, 0.25) is 0 Å². The third-order valence-electron chi connectivity index (χ3n) is 5.73. The Hall–Kier alpha value is -2.61. The van der Waals surface area contributed by atoms with Crippen LogP contribution in [0.3, 0.4) is 0 Å². The first-order valence-corrected chi connectivity index (χ1v) is 11.2. The molecule has 0 saturated carbocycles. The third kappa shape index (κ3) is 3.89. The average molecular weight is 440 g/mol. The maximum absolute atomic E-state index is 15.3.